The second-order valence-corrected chi connectivity index (χ2v) is 1.84. The van der Waals surface area contributed by atoms with Crippen molar-refractivity contribution in [1.29, 1.82) is 10.5 Å². The molecule has 0 aliphatic heterocycles. The number of hydrogen-bond donors (Lipinski definition) is 1. The Morgan fingerprint density at radius 3 is 1.92 bits per heavy atom. The van der Waals surface area contributed by atoms with Gasteiger partial charge in [0.25, 0.3) is 0 Å². The molecule has 0 aromatic rings. The van der Waals surface area contributed by atoms with Crippen molar-refractivity contribution < 1.29 is 18.3 Å². The van der Waals surface area contributed by atoms with Gasteiger partial charge in [0, 0.05) is 0 Å². The Morgan fingerprint density at radius 2 is 1.67 bits per heavy atom. The Labute approximate surface area is 66.0 Å². The molecular formula is C6H3F3N2O. The molecule has 0 bridgehead atoms. The lowest BCUT2D eigenvalue weighted by Gasteiger charge is -2.03. The first-order chi connectivity index (χ1) is 5.40. The standard InChI is InChI=1S/C6H3F3N2O/c7-6(8,9)1-5(12)4(2-10)3-11/h12H,1H2. The zero-order chi connectivity index (χ0) is 9.78. The quantitative estimate of drug-likeness (QED) is 0.489. The number of alkyl halides is 3. The van der Waals surface area contributed by atoms with E-state index in [1.54, 1.807) is 0 Å². The lowest BCUT2D eigenvalue weighted by atomic mass is 10.2. The summed E-state index contributed by atoms with van der Waals surface area (Å²) >= 11 is 0. The number of rotatable bonds is 1. The molecule has 6 heteroatoms. The Bertz CT molecular complexity index is 263. The molecule has 0 spiro atoms. The van der Waals surface area contributed by atoms with Crippen LogP contribution in [0.4, 0.5) is 13.2 Å². The van der Waals surface area contributed by atoms with Crippen molar-refractivity contribution in [1.82, 2.24) is 0 Å². The van der Waals surface area contributed by atoms with Crippen molar-refractivity contribution in [2.24, 2.45) is 0 Å². The molecule has 12 heavy (non-hydrogen) atoms. The molecule has 0 fully saturated rings. The maximum Gasteiger partial charge on any atom is 0.396 e. The molecule has 0 aliphatic rings. The van der Waals surface area contributed by atoms with E-state index >= 15 is 0 Å². The molecule has 0 aliphatic carbocycles. The summed E-state index contributed by atoms with van der Waals surface area (Å²) in [4.78, 5) is 0. The van der Waals surface area contributed by atoms with Crippen molar-refractivity contribution in [3.8, 4) is 12.1 Å². The van der Waals surface area contributed by atoms with Crippen LogP contribution in [0.5, 0.6) is 0 Å². The van der Waals surface area contributed by atoms with Crippen molar-refractivity contribution in [2.75, 3.05) is 0 Å². The second kappa shape index (κ2) is 3.63. The minimum atomic E-state index is -4.61. The van der Waals surface area contributed by atoms with Gasteiger partial charge in [0.15, 0.2) is 5.57 Å². The van der Waals surface area contributed by atoms with Gasteiger partial charge in [0.1, 0.15) is 24.3 Å². The van der Waals surface area contributed by atoms with Crippen molar-refractivity contribution in [3.05, 3.63) is 11.3 Å². The van der Waals surface area contributed by atoms with Crippen LogP contribution in [0.25, 0.3) is 0 Å². The number of hydrogen-bond acceptors (Lipinski definition) is 3. The molecule has 1 N–H and O–H groups in total. The first-order valence-electron chi connectivity index (χ1n) is 2.69. The summed E-state index contributed by atoms with van der Waals surface area (Å²) in [5, 5.41) is 24.6. The SMILES string of the molecule is N#CC(C#N)=C(O)CC(F)(F)F. The molecule has 0 radical (unpaired) electrons. The van der Waals surface area contributed by atoms with E-state index in [-0.39, 0.29) is 0 Å². The summed E-state index contributed by atoms with van der Waals surface area (Å²) in [6.07, 6.45) is -6.26. The van der Waals surface area contributed by atoms with Gasteiger partial charge in [-0.3, -0.25) is 0 Å². The number of halogens is 3. The van der Waals surface area contributed by atoms with E-state index in [0.29, 0.717) is 0 Å². The van der Waals surface area contributed by atoms with E-state index in [9.17, 15) is 13.2 Å². The second-order valence-electron chi connectivity index (χ2n) is 1.84. The van der Waals surface area contributed by atoms with E-state index in [0.717, 1.165) is 12.1 Å². The van der Waals surface area contributed by atoms with Gasteiger partial charge >= 0.3 is 6.18 Å². The van der Waals surface area contributed by atoms with Crippen LogP contribution in [0.15, 0.2) is 11.3 Å². The zero-order valence-corrected chi connectivity index (χ0v) is 5.68. The highest BCUT2D eigenvalue weighted by Gasteiger charge is 2.30. The van der Waals surface area contributed by atoms with Crippen molar-refractivity contribution in [2.45, 2.75) is 12.6 Å². The first kappa shape index (κ1) is 10.3. The third kappa shape index (κ3) is 3.47. The van der Waals surface area contributed by atoms with E-state index in [2.05, 4.69) is 0 Å². The van der Waals surface area contributed by atoms with Gasteiger partial charge in [-0.1, -0.05) is 0 Å². The molecule has 0 saturated carbocycles. The molecule has 0 aromatic carbocycles. The average Bonchev–Trinajstić information content (AvgIpc) is 1.85. The van der Waals surface area contributed by atoms with Gasteiger partial charge in [-0.25, -0.2) is 0 Å². The molecular weight excluding hydrogens is 173 g/mol. The third-order valence-corrected chi connectivity index (χ3v) is 0.880. The Balaban J connectivity index is 4.63. The lowest BCUT2D eigenvalue weighted by Crippen LogP contribution is -2.09. The number of nitrogens with zero attached hydrogens (tertiary/aromatic N) is 2. The molecule has 0 saturated heterocycles. The predicted octanol–water partition coefficient (Wildman–Crippen LogP) is 1.80. The van der Waals surface area contributed by atoms with E-state index in [4.69, 9.17) is 15.6 Å². The van der Waals surface area contributed by atoms with Crippen molar-refractivity contribution >= 4 is 0 Å². The summed E-state index contributed by atoms with van der Waals surface area (Å²) in [6.45, 7) is 0. The maximum absolute atomic E-state index is 11.5. The molecule has 0 amide bonds. The Hall–Kier alpha value is -1.69. The highest BCUT2D eigenvalue weighted by Crippen LogP contribution is 2.24. The molecule has 0 rings (SSSR count). The monoisotopic (exact) mass is 176 g/mol. The molecule has 64 valence electrons. The lowest BCUT2D eigenvalue weighted by molar-refractivity contribution is -0.132. The fraction of sp³-hybridized carbons (Fsp3) is 0.333. The van der Waals surface area contributed by atoms with Crippen LogP contribution in [0.3, 0.4) is 0 Å². The zero-order valence-electron chi connectivity index (χ0n) is 5.68. The summed E-state index contributed by atoms with van der Waals surface area (Å²) in [5.41, 5.74) is -0.910. The third-order valence-electron chi connectivity index (χ3n) is 0.880. The molecule has 0 unspecified atom stereocenters. The summed E-state index contributed by atoms with van der Waals surface area (Å²) < 4.78 is 34.6. The summed E-state index contributed by atoms with van der Waals surface area (Å²) in [6, 6.07) is 2.29. The van der Waals surface area contributed by atoms with Crippen LogP contribution in [0.1, 0.15) is 6.42 Å². The number of nitriles is 2. The number of aliphatic hydroxyl groups excluding tert-OH is 1. The van der Waals surface area contributed by atoms with Crippen LogP contribution in [-0.2, 0) is 0 Å². The minimum absolute atomic E-state index is 0.910. The van der Waals surface area contributed by atoms with Gasteiger partial charge < -0.3 is 5.11 Å². The van der Waals surface area contributed by atoms with Gasteiger partial charge in [-0.05, 0) is 0 Å². The Kier molecular flexibility index (Phi) is 3.12. The predicted molar refractivity (Wildman–Crippen MR) is 31.6 cm³/mol. The van der Waals surface area contributed by atoms with E-state index in [1.807, 2.05) is 0 Å². The van der Waals surface area contributed by atoms with Crippen molar-refractivity contribution in [3.63, 3.8) is 0 Å². The highest BCUT2D eigenvalue weighted by molar-refractivity contribution is 5.37. The minimum Gasteiger partial charge on any atom is -0.510 e. The average molecular weight is 176 g/mol. The van der Waals surface area contributed by atoms with Gasteiger partial charge in [0.05, 0.1) is 0 Å². The van der Waals surface area contributed by atoms with Crippen LogP contribution in [-0.4, -0.2) is 11.3 Å². The van der Waals surface area contributed by atoms with Crippen LogP contribution in [0.2, 0.25) is 0 Å². The van der Waals surface area contributed by atoms with Gasteiger partial charge in [-0.2, -0.15) is 23.7 Å². The van der Waals surface area contributed by atoms with Crippen LogP contribution < -0.4 is 0 Å². The maximum atomic E-state index is 11.5. The van der Waals surface area contributed by atoms with E-state index in [1.165, 1.54) is 0 Å². The first-order valence-corrected chi connectivity index (χ1v) is 2.69. The summed E-state index contributed by atoms with van der Waals surface area (Å²) in [5.74, 6) is -1.24. The molecule has 0 heterocycles. The smallest absolute Gasteiger partial charge is 0.396 e. The van der Waals surface area contributed by atoms with E-state index < -0.39 is 23.9 Å². The Morgan fingerprint density at radius 1 is 1.25 bits per heavy atom. The van der Waals surface area contributed by atoms with Gasteiger partial charge in [0.2, 0.25) is 0 Å². The summed E-state index contributed by atoms with van der Waals surface area (Å²) in [7, 11) is 0. The van der Waals surface area contributed by atoms with Crippen LogP contribution >= 0.6 is 0 Å². The normalized spacial score (nSPS) is 9.75. The topological polar surface area (TPSA) is 67.8 Å². The molecule has 3 nitrogen and oxygen atoms in total. The highest BCUT2D eigenvalue weighted by atomic mass is 19.4. The fourth-order valence-corrected chi connectivity index (χ4v) is 0.432. The van der Waals surface area contributed by atoms with Crippen LogP contribution in [0, 0.1) is 22.7 Å². The fourth-order valence-electron chi connectivity index (χ4n) is 0.432. The molecule has 0 atom stereocenters. The number of allylic oxidation sites excluding steroid dienone is 2. The molecule has 0 aromatic heterocycles. The largest absolute Gasteiger partial charge is 0.510 e. The number of aliphatic hydroxyl groups is 1. The van der Waals surface area contributed by atoms with Gasteiger partial charge in [-0.15, -0.1) is 0 Å².